The predicted octanol–water partition coefficient (Wildman–Crippen LogP) is 5.01. The minimum atomic E-state index is 0.0281. The molecule has 0 fully saturated rings. The summed E-state index contributed by atoms with van der Waals surface area (Å²) in [6, 6.07) is 7.42. The molecule has 0 aromatic heterocycles. The maximum atomic E-state index is 11.7. The van der Waals surface area contributed by atoms with Gasteiger partial charge in [0.1, 0.15) is 12.4 Å². The Hall–Kier alpha value is -2.09. The van der Waals surface area contributed by atoms with Crippen molar-refractivity contribution >= 4 is 5.78 Å². The number of ether oxygens (including phenoxy) is 1. The Kier molecular flexibility index (Phi) is 4.70. The highest BCUT2D eigenvalue weighted by Gasteiger charge is 2.14. The van der Waals surface area contributed by atoms with Crippen LogP contribution in [0.4, 0.5) is 0 Å². The zero-order valence-electron chi connectivity index (χ0n) is 14.3. The Balaban J connectivity index is 2.36. The molecule has 2 nitrogen and oxygen atoms in total. The maximum absolute atomic E-state index is 11.7. The molecule has 0 aliphatic heterocycles. The molecule has 2 aromatic rings. The number of rotatable bonds is 4. The first-order chi connectivity index (χ1) is 10.3. The van der Waals surface area contributed by atoms with E-state index >= 15 is 0 Å². The van der Waals surface area contributed by atoms with Gasteiger partial charge in [0.05, 0.1) is 5.56 Å². The van der Waals surface area contributed by atoms with Crippen molar-refractivity contribution in [3.63, 3.8) is 0 Å². The zero-order chi connectivity index (χ0) is 16.4. The lowest BCUT2D eigenvalue weighted by Crippen LogP contribution is -2.07. The van der Waals surface area contributed by atoms with Crippen molar-refractivity contribution in [3.05, 3.63) is 63.2 Å². The van der Waals surface area contributed by atoms with Gasteiger partial charge in [-0.3, -0.25) is 4.79 Å². The molecule has 0 bridgehead atoms. The summed E-state index contributed by atoms with van der Waals surface area (Å²) in [6.45, 7) is 12.8. The van der Waals surface area contributed by atoms with Gasteiger partial charge in [-0.25, -0.2) is 0 Å². The second-order valence-electron chi connectivity index (χ2n) is 5.94. The van der Waals surface area contributed by atoms with Gasteiger partial charge < -0.3 is 4.74 Å². The first kappa shape index (κ1) is 16.3. The van der Waals surface area contributed by atoms with E-state index in [0.29, 0.717) is 17.9 Å². The average Bonchev–Trinajstić information content (AvgIpc) is 2.51. The van der Waals surface area contributed by atoms with Gasteiger partial charge in [0.2, 0.25) is 0 Å². The van der Waals surface area contributed by atoms with E-state index in [1.807, 2.05) is 24.3 Å². The van der Waals surface area contributed by atoms with Crippen LogP contribution < -0.4 is 4.74 Å². The van der Waals surface area contributed by atoms with E-state index in [4.69, 9.17) is 4.74 Å². The van der Waals surface area contributed by atoms with Crippen LogP contribution in [-0.4, -0.2) is 5.78 Å². The van der Waals surface area contributed by atoms with Crippen LogP contribution in [0, 0.1) is 34.6 Å². The Labute approximate surface area is 133 Å². The molecule has 0 amide bonds. The predicted molar refractivity (Wildman–Crippen MR) is 90.9 cm³/mol. The Morgan fingerprint density at radius 1 is 0.864 bits per heavy atom. The van der Waals surface area contributed by atoms with Crippen LogP contribution in [0.3, 0.4) is 0 Å². The fraction of sp³-hybridized carbons (Fsp3) is 0.350. The largest absolute Gasteiger partial charge is 0.488 e. The first-order valence-electron chi connectivity index (χ1n) is 7.63. The van der Waals surface area contributed by atoms with Crippen molar-refractivity contribution < 1.29 is 9.53 Å². The fourth-order valence-electron chi connectivity index (χ4n) is 2.83. The molecule has 0 aliphatic carbocycles. The monoisotopic (exact) mass is 296 g/mol. The van der Waals surface area contributed by atoms with Crippen LogP contribution in [0.1, 0.15) is 50.7 Å². The number of ketones is 1. The van der Waals surface area contributed by atoms with E-state index < -0.39 is 0 Å². The lowest BCUT2D eigenvalue weighted by atomic mass is 9.90. The van der Waals surface area contributed by atoms with Crippen molar-refractivity contribution in [2.75, 3.05) is 0 Å². The highest BCUT2D eigenvalue weighted by atomic mass is 16.5. The third-order valence-corrected chi connectivity index (χ3v) is 4.79. The standard InChI is InChI=1S/C20H24O2/c1-12-13(2)15(4)19(16(5)14(12)3)11-22-20-10-8-7-9-18(20)17(6)21/h7-10H,11H2,1-6H3. The van der Waals surface area contributed by atoms with Crippen molar-refractivity contribution in [1.82, 2.24) is 0 Å². The van der Waals surface area contributed by atoms with Gasteiger partial charge in [-0.15, -0.1) is 0 Å². The van der Waals surface area contributed by atoms with E-state index in [-0.39, 0.29) is 5.78 Å². The molecule has 2 aromatic carbocycles. The molecule has 2 rings (SSSR count). The summed E-state index contributed by atoms with van der Waals surface area (Å²) >= 11 is 0. The van der Waals surface area contributed by atoms with Crippen molar-refractivity contribution in [1.29, 1.82) is 0 Å². The van der Waals surface area contributed by atoms with Crippen molar-refractivity contribution in [2.24, 2.45) is 0 Å². The highest BCUT2D eigenvalue weighted by Crippen LogP contribution is 2.28. The summed E-state index contributed by atoms with van der Waals surface area (Å²) in [4.78, 5) is 11.7. The molecular formula is C20H24O2. The summed E-state index contributed by atoms with van der Waals surface area (Å²) in [5, 5.41) is 0. The fourth-order valence-corrected chi connectivity index (χ4v) is 2.83. The van der Waals surface area contributed by atoms with Gasteiger partial charge >= 0.3 is 0 Å². The molecule has 22 heavy (non-hydrogen) atoms. The zero-order valence-corrected chi connectivity index (χ0v) is 14.3. The van der Waals surface area contributed by atoms with Crippen LogP contribution in [0.15, 0.2) is 24.3 Å². The van der Waals surface area contributed by atoms with Gasteiger partial charge in [-0.05, 0) is 87.1 Å². The van der Waals surface area contributed by atoms with Crippen LogP contribution in [0.5, 0.6) is 5.75 Å². The van der Waals surface area contributed by atoms with Gasteiger partial charge in [-0.1, -0.05) is 12.1 Å². The van der Waals surface area contributed by atoms with E-state index in [1.54, 1.807) is 6.92 Å². The van der Waals surface area contributed by atoms with Crippen molar-refractivity contribution in [3.8, 4) is 5.75 Å². The number of carbonyl (C=O) groups excluding carboxylic acids is 1. The lowest BCUT2D eigenvalue weighted by Gasteiger charge is -2.19. The molecule has 0 spiro atoms. The molecule has 0 atom stereocenters. The summed E-state index contributed by atoms with van der Waals surface area (Å²) in [7, 11) is 0. The normalized spacial score (nSPS) is 10.6. The van der Waals surface area contributed by atoms with Crippen molar-refractivity contribution in [2.45, 2.75) is 48.1 Å². The third kappa shape index (κ3) is 2.92. The van der Waals surface area contributed by atoms with Crippen LogP contribution in [-0.2, 0) is 6.61 Å². The van der Waals surface area contributed by atoms with Crippen LogP contribution in [0.25, 0.3) is 0 Å². The summed E-state index contributed by atoms with van der Waals surface area (Å²) < 4.78 is 5.98. The molecule has 0 heterocycles. The number of Topliss-reactive ketones (excluding diaryl/α,β-unsaturated/α-hetero) is 1. The molecule has 0 unspecified atom stereocenters. The topological polar surface area (TPSA) is 26.3 Å². The third-order valence-electron chi connectivity index (χ3n) is 4.79. The summed E-state index contributed by atoms with van der Waals surface area (Å²) in [5.74, 6) is 0.685. The molecule has 2 heteroatoms. The van der Waals surface area contributed by atoms with E-state index in [9.17, 15) is 4.79 Å². The number of hydrogen-bond donors (Lipinski definition) is 0. The number of para-hydroxylation sites is 1. The van der Waals surface area contributed by atoms with Gasteiger partial charge in [-0.2, -0.15) is 0 Å². The first-order valence-corrected chi connectivity index (χ1v) is 7.63. The lowest BCUT2D eigenvalue weighted by molar-refractivity contribution is 0.101. The minimum absolute atomic E-state index is 0.0281. The maximum Gasteiger partial charge on any atom is 0.163 e. The number of benzene rings is 2. The minimum Gasteiger partial charge on any atom is -0.488 e. The second kappa shape index (κ2) is 6.35. The number of hydrogen-bond acceptors (Lipinski definition) is 2. The molecule has 0 radical (unpaired) electrons. The van der Waals surface area contributed by atoms with Gasteiger partial charge in [0.15, 0.2) is 5.78 Å². The Bertz CT molecular complexity index is 698. The quantitative estimate of drug-likeness (QED) is 0.741. The highest BCUT2D eigenvalue weighted by molar-refractivity contribution is 5.96. The molecular weight excluding hydrogens is 272 g/mol. The van der Waals surface area contributed by atoms with Gasteiger partial charge in [0.25, 0.3) is 0 Å². The smallest absolute Gasteiger partial charge is 0.163 e. The van der Waals surface area contributed by atoms with E-state index in [1.165, 1.54) is 33.4 Å². The van der Waals surface area contributed by atoms with Crippen LogP contribution >= 0.6 is 0 Å². The summed E-state index contributed by atoms with van der Waals surface area (Å²) in [5.41, 5.74) is 8.41. The van der Waals surface area contributed by atoms with E-state index in [2.05, 4.69) is 34.6 Å². The SMILES string of the molecule is CC(=O)c1ccccc1OCc1c(C)c(C)c(C)c(C)c1C. The molecule has 0 saturated carbocycles. The molecule has 0 aliphatic rings. The molecule has 116 valence electrons. The number of carbonyl (C=O) groups is 1. The van der Waals surface area contributed by atoms with E-state index in [0.717, 1.165) is 0 Å². The summed E-state index contributed by atoms with van der Waals surface area (Å²) in [6.07, 6.45) is 0. The van der Waals surface area contributed by atoms with Crippen LogP contribution in [0.2, 0.25) is 0 Å². The molecule has 0 saturated heterocycles. The molecule has 0 N–H and O–H groups in total. The average molecular weight is 296 g/mol. The Morgan fingerprint density at radius 3 is 1.91 bits per heavy atom. The van der Waals surface area contributed by atoms with Gasteiger partial charge in [0, 0.05) is 0 Å². The Morgan fingerprint density at radius 2 is 1.36 bits per heavy atom. The second-order valence-corrected chi connectivity index (χ2v) is 5.94.